The first-order chi connectivity index (χ1) is 10.5. The van der Waals surface area contributed by atoms with E-state index in [0.717, 1.165) is 32.5 Å². The lowest BCUT2D eigenvalue weighted by Gasteiger charge is -2.21. The maximum atomic E-state index is 11.2. The molecule has 0 unspecified atom stereocenters. The van der Waals surface area contributed by atoms with Gasteiger partial charge in [-0.2, -0.15) is 0 Å². The van der Waals surface area contributed by atoms with E-state index in [1.54, 1.807) is 12.1 Å². The number of rotatable bonds is 9. The second-order valence-corrected chi connectivity index (χ2v) is 5.21. The monoisotopic (exact) mass is 344 g/mol. The van der Waals surface area contributed by atoms with Gasteiger partial charge in [0.15, 0.2) is 0 Å². The van der Waals surface area contributed by atoms with Crippen molar-refractivity contribution in [3.8, 4) is 5.75 Å². The summed E-state index contributed by atoms with van der Waals surface area (Å²) in [4.78, 5) is 24.1. The van der Waals surface area contributed by atoms with Gasteiger partial charge in [0, 0.05) is 25.1 Å². The Balaban J connectivity index is 0.00000484. The van der Waals surface area contributed by atoms with Gasteiger partial charge in [-0.3, -0.25) is 14.9 Å². The Morgan fingerprint density at radius 1 is 1.22 bits per heavy atom. The number of hydrogen-bond acceptors (Lipinski definition) is 5. The fraction of sp³-hybridized carbons (Fsp3) is 0.562. The van der Waals surface area contributed by atoms with Crippen LogP contribution in [-0.4, -0.2) is 35.4 Å². The van der Waals surface area contributed by atoms with Crippen molar-refractivity contribution in [3.05, 3.63) is 33.9 Å². The van der Waals surface area contributed by atoms with Crippen LogP contribution in [0, 0.1) is 10.1 Å². The number of carbonyl (C=O) groups excluding carboxylic acids is 1. The van der Waals surface area contributed by atoms with Crippen LogP contribution in [0.1, 0.15) is 39.2 Å². The highest BCUT2D eigenvalue weighted by Crippen LogP contribution is 2.31. The average Bonchev–Trinajstić information content (AvgIpc) is 2.45. The van der Waals surface area contributed by atoms with Crippen molar-refractivity contribution in [2.75, 3.05) is 19.6 Å². The molecule has 0 bridgehead atoms. The van der Waals surface area contributed by atoms with Crippen LogP contribution in [0.4, 0.5) is 5.69 Å². The van der Waals surface area contributed by atoms with Gasteiger partial charge < -0.3 is 9.64 Å². The lowest BCUT2D eigenvalue weighted by molar-refractivity contribution is -0.385. The van der Waals surface area contributed by atoms with Crippen LogP contribution in [0.3, 0.4) is 0 Å². The van der Waals surface area contributed by atoms with Crippen molar-refractivity contribution in [2.24, 2.45) is 0 Å². The van der Waals surface area contributed by atoms with Gasteiger partial charge in [-0.15, -0.1) is 12.4 Å². The van der Waals surface area contributed by atoms with E-state index in [4.69, 9.17) is 4.74 Å². The minimum Gasteiger partial charge on any atom is -0.419 e. The minimum absolute atomic E-state index is 0. The van der Waals surface area contributed by atoms with Crippen molar-refractivity contribution in [3.63, 3.8) is 0 Å². The normalized spacial score (nSPS) is 10.3. The fourth-order valence-electron chi connectivity index (χ4n) is 2.42. The van der Waals surface area contributed by atoms with Crippen molar-refractivity contribution >= 4 is 24.1 Å². The number of benzene rings is 1. The fourth-order valence-corrected chi connectivity index (χ4v) is 2.42. The number of nitrogens with zero attached hydrogens (tertiary/aromatic N) is 2. The molecule has 23 heavy (non-hydrogen) atoms. The molecule has 0 saturated carbocycles. The zero-order valence-electron chi connectivity index (χ0n) is 13.9. The van der Waals surface area contributed by atoms with Crippen LogP contribution in [0.5, 0.6) is 5.75 Å². The largest absolute Gasteiger partial charge is 0.419 e. The topological polar surface area (TPSA) is 72.7 Å². The molecule has 0 spiro atoms. The third-order valence-electron chi connectivity index (χ3n) is 3.30. The Labute approximate surface area is 143 Å². The summed E-state index contributed by atoms with van der Waals surface area (Å²) < 4.78 is 5.09. The smallest absolute Gasteiger partial charge is 0.311 e. The molecule has 0 saturated heterocycles. The van der Waals surface area contributed by atoms with E-state index >= 15 is 0 Å². The number of carbonyl (C=O) groups is 1. The van der Waals surface area contributed by atoms with Crippen LogP contribution in [-0.2, 0) is 11.2 Å². The van der Waals surface area contributed by atoms with Crippen LogP contribution < -0.4 is 4.74 Å². The number of halogens is 1. The molecule has 0 amide bonds. The summed E-state index contributed by atoms with van der Waals surface area (Å²) in [6.07, 6.45) is 2.74. The van der Waals surface area contributed by atoms with E-state index in [2.05, 4.69) is 18.7 Å². The summed E-state index contributed by atoms with van der Waals surface area (Å²) in [6.45, 7) is 8.27. The number of ether oxygens (including phenoxy) is 1. The molecule has 0 fully saturated rings. The zero-order chi connectivity index (χ0) is 16.5. The first-order valence-corrected chi connectivity index (χ1v) is 7.66. The van der Waals surface area contributed by atoms with Gasteiger partial charge in [-0.1, -0.05) is 26.0 Å². The van der Waals surface area contributed by atoms with E-state index in [0.29, 0.717) is 12.0 Å². The Morgan fingerprint density at radius 3 is 2.30 bits per heavy atom. The van der Waals surface area contributed by atoms with Crippen LogP contribution >= 0.6 is 12.4 Å². The van der Waals surface area contributed by atoms with Crippen LogP contribution in [0.2, 0.25) is 0 Å². The first-order valence-electron chi connectivity index (χ1n) is 7.66. The Hall–Kier alpha value is -1.66. The maximum Gasteiger partial charge on any atom is 0.311 e. The molecular weight excluding hydrogens is 320 g/mol. The molecule has 0 aromatic heterocycles. The number of nitro benzene ring substituents is 1. The Morgan fingerprint density at radius 2 is 1.83 bits per heavy atom. The Bertz CT molecular complexity index is 517. The minimum atomic E-state index is -0.547. The van der Waals surface area contributed by atoms with Crippen LogP contribution in [0.25, 0.3) is 0 Å². The van der Waals surface area contributed by atoms with E-state index < -0.39 is 10.9 Å². The molecule has 0 aliphatic rings. The third-order valence-corrected chi connectivity index (χ3v) is 3.30. The van der Waals surface area contributed by atoms with Crippen molar-refractivity contribution < 1.29 is 14.5 Å². The molecule has 0 atom stereocenters. The highest BCUT2D eigenvalue weighted by Gasteiger charge is 2.20. The quantitative estimate of drug-likeness (QED) is 0.296. The van der Waals surface area contributed by atoms with Crippen molar-refractivity contribution in [2.45, 2.75) is 40.0 Å². The summed E-state index contributed by atoms with van der Waals surface area (Å²) in [5.74, 6) is -0.470. The molecule has 130 valence electrons. The number of esters is 1. The summed E-state index contributed by atoms with van der Waals surface area (Å²) in [7, 11) is 0. The Kier molecular flexibility index (Phi) is 10.2. The summed E-state index contributed by atoms with van der Waals surface area (Å²) in [5, 5.41) is 11.1. The van der Waals surface area contributed by atoms with Crippen molar-refractivity contribution in [1.82, 2.24) is 4.90 Å². The van der Waals surface area contributed by atoms with E-state index in [9.17, 15) is 14.9 Å². The summed E-state index contributed by atoms with van der Waals surface area (Å²) in [6, 6.07) is 4.77. The van der Waals surface area contributed by atoms with E-state index in [-0.39, 0.29) is 23.8 Å². The SMILES string of the molecule is CCCN(CCC)CCc1cccc([N+](=O)[O-])c1OC(C)=O.Cl. The second-order valence-electron chi connectivity index (χ2n) is 5.21. The number of para-hydroxylation sites is 1. The lowest BCUT2D eigenvalue weighted by Crippen LogP contribution is -2.28. The molecule has 0 aliphatic heterocycles. The van der Waals surface area contributed by atoms with Gasteiger partial charge in [-0.25, -0.2) is 0 Å². The lowest BCUT2D eigenvalue weighted by atomic mass is 10.1. The van der Waals surface area contributed by atoms with Crippen molar-refractivity contribution in [1.29, 1.82) is 0 Å². The van der Waals surface area contributed by atoms with Gasteiger partial charge in [0.25, 0.3) is 0 Å². The molecule has 6 nitrogen and oxygen atoms in total. The molecule has 0 N–H and O–H groups in total. The zero-order valence-corrected chi connectivity index (χ0v) is 14.7. The summed E-state index contributed by atoms with van der Waals surface area (Å²) >= 11 is 0. The highest BCUT2D eigenvalue weighted by molar-refractivity contribution is 5.85. The first kappa shape index (κ1) is 21.3. The van der Waals surface area contributed by atoms with Gasteiger partial charge in [-0.05, 0) is 32.4 Å². The van der Waals surface area contributed by atoms with Gasteiger partial charge in [0.1, 0.15) is 0 Å². The molecule has 1 aromatic rings. The number of hydrogen-bond donors (Lipinski definition) is 0. The molecule has 7 heteroatoms. The van der Waals surface area contributed by atoms with E-state index in [1.807, 2.05) is 0 Å². The maximum absolute atomic E-state index is 11.2. The highest BCUT2D eigenvalue weighted by atomic mass is 35.5. The molecular formula is C16H25ClN2O4. The second kappa shape index (κ2) is 11.0. The standard InChI is InChI=1S/C16H24N2O4.ClH/c1-4-10-17(11-5-2)12-9-14-7-6-8-15(18(20)21)16(14)22-13(3)19;/h6-8H,4-5,9-12H2,1-3H3;1H. The summed E-state index contributed by atoms with van der Waals surface area (Å²) in [5.41, 5.74) is 0.534. The van der Waals surface area contributed by atoms with Crippen LogP contribution in [0.15, 0.2) is 18.2 Å². The van der Waals surface area contributed by atoms with Gasteiger partial charge in [0.05, 0.1) is 4.92 Å². The molecule has 1 rings (SSSR count). The number of nitro groups is 1. The van der Waals surface area contributed by atoms with E-state index in [1.165, 1.54) is 13.0 Å². The predicted molar refractivity (Wildman–Crippen MR) is 92.4 cm³/mol. The van der Waals surface area contributed by atoms with Gasteiger partial charge >= 0.3 is 11.7 Å². The third kappa shape index (κ3) is 6.97. The molecule has 0 aliphatic carbocycles. The molecule has 0 heterocycles. The molecule has 0 radical (unpaired) electrons. The average molecular weight is 345 g/mol. The van der Waals surface area contributed by atoms with Gasteiger partial charge in [0.2, 0.25) is 5.75 Å². The predicted octanol–water partition coefficient (Wildman–Crippen LogP) is 3.61. The molecule has 1 aromatic carbocycles.